The fourth-order valence-electron chi connectivity index (χ4n) is 3.09. The Kier molecular flexibility index (Phi) is 9.51. The molecule has 0 unspecified atom stereocenters. The second-order valence-corrected chi connectivity index (χ2v) is 7.29. The van der Waals surface area contributed by atoms with E-state index in [-0.39, 0.29) is 36.5 Å². The van der Waals surface area contributed by atoms with Crippen molar-refractivity contribution in [1.82, 2.24) is 4.90 Å². The summed E-state index contributed by atoms with van der Waals surface area (Å²) in [4.78, 5) is 14.2. The second-order valence-electron chi connectivity index (χ2n) is 6.57. The van der Waals surface area contributed by atoms with E-state index in [1.54, 1.807) is 0 Å². The third kappa shape index (κ3) is 6.52. The van der Waals surface area contributed by atoms with Gasteiger partial charge in [0, 0.05) is 30.0 Å². The Morgan fingerprint density at radius 1 is 1.11 bits per heavy atom. The van der Waals surface area contributed by atoms with Crippen LogP contribution in [0.25, 0.3) is 0 Å². The number of anilines is 2. The molecule has 8 heteroatoms. The monoisotopic (exact) mass is 447 g/mol. The first-order valence-electron chi connectivity index (χ1n) is 8.84. The predicted octanol–water partition coefficient (Wildman–Crippen LogP) is 5.38. The lowest BCUT2D eigenvalue weighted by molar-refractivity contribution is 0.102. The Balaban J connectivity index is 0.00000196. The van der Waals surface area contributed by atoms with E-state index in [4.69, 9.17) is 11.6 Å². The van der Waals surface area contributed by atoms with Crippen molar-refractivity contribution in [2.24, 2.45) is 0 Å². The van der Waals surface area contributed by atoms with Crippen LogP contribution in [-0.2, 0) is 0 Å². The SMILES string of the molecule is CCN1CCC(Cl)(Nc2cccc(NC(=O)c3ccc(F)cc3)c2)CC1.Cl.Cl. The number of likely N-dealkylation sites (tertiary alicyclic amines) is 1. The maximum Gasteiger partial charge on any atom is 0.255 e. The first-order valence-corrected chi connectivity index (χ1v) is 9.22. The Morgan fingerprint density at radius 3 is 2.32 bits per heavy atom. The van der Waals surface area contributed by atoms with Crippen LogP contribution in [0.2, 0.25) is 0 Å². The first kappa shape index (κ1) is 24.5. The standard InChI is InChI=1S/C20H23ClFN3O.2ClH/c1-2-25-12-10-20(21,11-13-25)24-18-5-3-4-17(14-18)23-19(26)15-6-8-16(22)9-7-15;;/h3-9,14,24H,2,10-13H2,1H3,(H,23,26);2*1H. The molecule has 3 rings (SSSR count). The molecule has 0 radical (unpaired) electrons. The van der Waals surface area contributed by atoms with Gasteiger partial charge in [-0.05, 0) is 61.9 Å². The number of hydrogen-bond donors (Lipinski definition) is 2. The smallest absolute Gasteiger partial charge is 0.255 e. The van der Waals surface area contributed by atoms with Crippen LogP contribution in [0.5, 0.6) is 0 Å². The zero-order chi connectivity index (χ0) is 18.6. The van der Waals surface area contributed by atoms with Crippen molar-refractivity contribution in [2.45, 2.75) is 24.8 Å². The van der Waals surface area contributed by atoms with Gasteiger partial charge in [0.15, 0.2) is 0 Å². The van der Waals surface area contributed by atoms with Crippen molar-refractivity contribution >= 4 is 53.7 Å². The van der Waals surface area contributed by atoms with Gasteiger partial charge < -0.3 is 15.5 Å². The maximum absolute atomic E-state index is 13.0. The van der Waals surface area contributed by atoms with Crippen LogP contribution in [0.15, 0.2) is 48.5 Å². The molecule has 1 aliphatic rings. The molecule has 28 heavy (non-hydrogen) atoms. The van der Waals surface area contributed by atoms with Crippen molar-refractivity contribution < 1.29 is 9.18 Å². The molecule has 1 aliphatic heterocycles. The summed E-state index contributed by atoms with van der Waals surface area (Å²) in [7, 11) is 0. The number of benzene rings is 2. The second kappa shape index (κ2) is 10.9. The van der Waals surface area contributed by atoms with E-state index in [9.17, 15) is 9.18 Å². The lowest BCUT2D eigenvalue weighted by atomic mass is 10.0. The van der Waals surface area contributed by atoms with E-state index in [1.165, 1.54) is 24.3 Å². The molecular weight excluding hydrogens is 424 g/mol. The minimum atomic E-state index is -0.467. The van der Waals surface area contributed by atoms with Crippen molar-refractivity contribution in [3.63, 3.8) is 0 Å². The average Bonchev–Trinajstić information content (AvgIpc) is 2.63. The number of hydrogen-bond acceptors (Lipinski definition) is 3. The fraction of sp³-hybridized carbons (Fsp3) is 0.350. The van der Waals surface area contributed by atoms with Crippen molar-refractivity contribution in [3.8, 4) is 0 Å². The Bertz CT molecular complexity index is 766. The van der Waals surface area contributed by atoms with E-state index < -0.39 is 5.00 Å². The predicted molar refractivity (Wildman–Crippen MR) is 119 cm³/mol. The first-order chi connectivity index (χ1) is 12.5. The number of nitrogens with zero attached hydrogens (tertiary/aromatic N) is 1. The number of piperidine rings is 1. The molecular formula is C20H25Cl3FN3O. The molecule has 0 spiro atoms. The van der Waals surface area contributed by atoms with E-state index in [1.807, 2.05) is 24.3 Å². The molecule has 4 nitrogen and oxygen atoms in total. The van der Waals surface area contributed by atoms with Crippen LogP contribution in [0.3, 0.4) is 0 Å². The lowest BCUT2D eigenvalue weighted by Crippen LogP contribution is -2.45. The molecule has 1 saturated heterocycles. The third-order valence-electron chi connectivity index (χ3n) is 4.69. The van der Waals surface area contributed by atoms with Crippen molar-refractivity contribution in [1.29, 1.82) is 0 Å². The van der Waals surface area contributed by atoms with Crippen molar-refractivity contribution in [3.05, 3.63) is 59.9 Å². The normalized spacial score (nSPS) is 15.7. The van der Waals surface area contributed by atoms with Gasteiger partial charge in [0.2, 0.25) is 0 Å². The van der Waals surface area contributed by atoms with Crippen LogP contribution in [0, 0.1) is 5.82 Å². The van der Waals surface area contributed by atoms with Crippen LogP contribution in [-0.4, -0.2) is 35.4 Å². The number of halogens is 4. The number of carbonyl (C=O) groups excluding carboxylic acids is 1. The highest BCUT2D eigenvalue weighted by Gasteiger charge is 2.31. The minimum Gasteiger partial charge on any atom is -0.367 e. The highest BCUT2D eigenvalue weighted by atomic mass is 35.5. The maximum atomic E-state index is 13.0. The molecule has 2 aromatic rings. The van der Waals surface area contributed by atoms with E-state index in [0.717, 1.165) is 38.2 Å². The number of carbonyl (C=O) groups is 1. The summed E-state index contributed by atoms with van der Waals surface area (Å²) in [5.41, 5.74) is 1.93. The molecule has 2 aromatic carbocycles. The minimum absolute atomic E-state index is 0. The molecule has 0 bridgehead atoms. The topological polar surface area (TPSA) is 44.4 Å². The molecule has 1 amide bonds. The highest BCUT2D eigenvalue weighted by Crippen LogP contribution is 2.31. The van der Waals surface area contributed by atoms with Gasteiger partial charge >= 0.3 is 0 Å². The number of nitrogens with one attached hydrogen (secondary N) is 2. The molecule has 1 fully saturated rings. The zero-order valence-corrected chi connectivity index (χ0v) is 18.0. The summed E-state index contributed by atoms with van der Waals surface area (Å²) in [5, 5.41) is 6.23. The number of alkyl halides is 1. The average molecular weight is 449 g/mol. The fourth-order valence-corrected chi connectivity index (χ4v) is 3.36. The Labute approximate surface area is 182 Å². The van der Waals surface area contributed by atoms with Crippen molar-refractivity contribution in [2.75, 3.05) is 30.3 Å². The van der Waals surface area contributed by atoms with Gasteiger partial charge in [-0.25, -0.2) is 4.39 Å². The lowest BCUT2D eigenvalue weighted by Gasteiger charge is -2.38. The van der Waals surface area contributed by atoms with Crippen LogP contribution in [0.4, 0.5) is 15.8 Å². The van der Waals surface area contributed by atoms with Gasteiger partial charge in [-0.1, -0.05) is 24.6 Å². The number of amides is 1. The van der Waals surface area contributed by atoms with Gasteiger partial charge in [-0.3, -0.25) is 4.79 Å². The van der Waals surface area contributed by atoms with Crippen LogP contribution in [0.1, 0.15) is 30.1 Å². The molecule has 2 N–H and O–H groups in total. The van der Waals surface area contributed by atoms with Gasteiger partial charge in [0.1, 0.15) is 10.8 Å². The Morgan fingerprint density at radius 2 is 1.71 bits per heavy atom. The van der Waals surface area contributed by atoms with Gasteiger partial charge in [-0.15, -0.1) is 24.8 Å². The quantitative estimate of drug-likeness (QED) is 0.476. The third-order valence-corrected chi connectivity index (χ3v) is 5.16. The van der Waals surface area contributed by atoms with E-state index in [0.29, 0.717) is 11.3 Å². The molecule has 0 aliphatic carbocycles. The van der Waals surface area contributed by atoms with E-state index >= 15 is 0 Å². The zero-order valence-electron chi connectivity index (χ0n) is 15.6. The van der Waals surface area contributed by atoms with Gasteiger partial charge in [-0.2, -0.15) is 0 Å². The summed E-state index contributed by atoms with van der Waals surface area (Å²) in [6, 6.07) is 12.9. The van der Waals surface area contributed by atoms with E-state index in [2.05, 4.69) is 22.5 Å². The molecule has 1 heterocycles. The number of rotatable bonds is 5. The Hall–Kier alpha value is -1.53. The highest BCUT2D eigenvalue weighted by molar-refractivity contribution is 6.25. The molecule has 154 valence electrons. The van der Waals surface area contributed by atoms with Crippen LogP contribution >= 0.6 is 36.4 Å². The van der Waals surface area contributed by atoms with Gasteiger partial charge in [0.05, 0.1) is 0 Å². The van der Waals surface area contributed by atoms with Crippen LogP contribution < -0.4 is 10.6 Å². The summed E-state index contributed by atoms with van der Waals surface area (Å²) >= 11 is 6.74. The summed E-state index contributed by atoms with van der Waals surface area (Å²) in [6.07, 6.45) is 1.71. The molecule has 0 atom stereocenters. The summed E-state index contributed by atoms with van der Waals surface area (Å²) < 4.78 is 13.0. The summed E-state index contributed by atoms with van der Waals surface area (Å²) in [5.74, 6) is -0.645. The summed E-state index contributed by atoms with van der Waals surface area (Å²) in [6.45, 7) is 5.13. The van der Waals surface area contributed by atoms with Gasteiger partial charge in [0.25, 0.3) is 5.91 Å². The molecule has 0 aromatic heterocycles. The largest absolute Gasteiger partial charge is 0.367 e. The molecule has 0 saturated carbocycles.